The second kappa shape index (κ2) is 8.36. The number of hydrogen-bond acceptors (Lipinski definition) is 3. The van der Waals surface area contributed by atoms with Crippen molar-refractivity contribution in [3.05, 3.63) is 36.0 Å². The molecule has 0 radical (unpaired) electrons. The summed E-state index contributed by atoms with van der Waals surface area (Å²) < 4.78 is 0. The van der Waals surface area contributed by atoms with Gasteiger partial charge in [-0.05, 0) is 45.0 Å². The zero-order valence-corrected chi connectivity index (χ0v) is 15.6. The molecule has 6 heteroatoms. The molecule has 1 aromatic carbocycles. The number of fused-ring (bicyclic) bond motifs is 1. The summed E-state index contributed by atoms with van der Waals surface area (Å²) >= 11 is 0. The molecule has 140 valence electrons. The third-order valence-corrected chi connectivity index (χ3v) is 5.02. The normalized spacial score (nSPS) is 15.6. The van der Waals surface area contributed by atoms with Gasteiger partial charge in [-0.3, -0.25) is 9.59 Å². The number of aromatic nitrogens is 1. The van der Waals surface area contributed by atoms with Crippen molar-refractivity contribution < 1.29 is 9.59 Å². The minimum atomic E-state index is 0.0510. The van der Waals surface area contributed by atoms with Crippen LogP contribution in [0.25, 0.3) is 10.9 Å². The number of nitrogens with zero attached hydrogens (tertiary/aromatic N) is 2. The Balaban J connectivity index is 1.47. The topological polar surface area (TPSA) is 68.4 Å². The van der Waals surface area contributed by atoms with Crippen LogP contribution < -0.4 is 5.32 Å². The number of carbonyl (C=O) groups excluding carboxylic acids is 2. The van der Waals surface area contributed by atoms with Crippen molar-refractivity contribution in [2.45, 2.75) is 19.3 Å². The number of likely N-dealkylation sites (N-methyl/N-ethyl adjacent to an activating group) is 1. The van der Waals surface area contributed by atoms with Gasteiger partial charge in [0, 0.05) is 43.5 Å². The van der Waals surface area contributed by atoms with E-state index in [4.69, 9.17) is 0 Å². The van der Waals surface area contributed by atoms with Crippen molar-refractivity contribution in [1.29, 1.82) is 0 Å². The van der Waals surface area contributed by atoms with E-state index in [2.05, 4.69) is 15.2 Å². The third-order valence-electron chi connectivity index (χ3n) is 5.02. The Kier molecular flexibility index (Phi) is 5.93. The Morgan fingerprint density at radius 1 is 1.23 bits per heavy atom. The van der Waals surface area contributed by atoms with Gasteiger partial charge < -0.3 is 20.1 Å². The Labute approximate surface area is 154 Å². The van der Waals surface area contributed by atoms with Gasteiger partial charge in [-0.25, -0.2) is 0 Å². The highest BCUT2D eigenvalue weighted by Gasteiger charge is 2.25. The molecule has 2 aromatic rings. The monoisotopic (exact) mass is 356 g/mol. The number of hydrogen-bond donors (Lipinski definition) is 2. The predicted octanol–water partition coefficient (Wildman–Crippen LogP) is 2.09. The van der Waals surface area contributed by atoms with Gasteiger partial charge in [-0.2, -0.15) is 0 Å². The molecule has 26 heavy (non-hydrogen) atoms. The summed E-state index contributed by atoms with van der Waals surface area (Å²) in [7, 11) is 3.98. The smallest absolute Gasteiger partial charge is 0.270 e. The van der Waals surface area contributed by atoms with E-state index >= 15 is 0 Å². The fourth-order valence-corrected chi connectivity index (χ4v) is 3.45. The predicted molar refractivity (Wildman–Crippen MR) is 103 cm³/mol. The fourth-order valence-electron chi connectivity index (χ4n) is 3.45. The van der Waals surface area contributed by atoms with Gasteiger partial charge in [0.2, 0.25) is 5.91 Å². The average molecular weight is 356 g/mol. The number of aromatic amines is 1. The molecular weight excluding hydrogens is 328 g/mol. The average Bonchev–Trinajstić information content (AvgIpc) is 3.05. The first-order valence-corrected chi connectivity index (χ1v) is 9.31. The summed E-state index contributed by atoms with van der Waals surface area (Å²) in [5, 5.41) is 4.03. The fraction of sp³-hybridized carbons (Fsp3) is 0.500. The highest BCUT2D eigenvalue weighted by molar-refractivity contribution is 5.98. The number of nitrogens with one attached hydrogen (secondary N) is 2. The van der Waals surface area contributed by atoms with Gasteiger partial charge in [-0.1, -0.05) is 18.2 Å². The lowest BCUT2D eigenvalue weighted by Gasteiger charge is -2.31. The zero-order valence-electron chi connectivity index (χ0n) is 15.6. The Hall–Kier alpha value is -2.34. The molecule has 0 aliphatic carbocycles. The Morgan fingerprint density at radius 3 is 2.65 bits per heavy atom. The first-order valence-electron chi connectivity index (χ1n) is 9.31. The summed E-state index contributed by atoms with van der Waals surface area (Å²) in [4.78, 5) is 31.9. The molecule has 1 aromatic heterocycles. The van der Waals surface area contributed by atoms with Crippen LogP contribution in [0.15, 0.2) is 30.3 Å². The van der Waals surface area contributed by atoms with Crippen LogP contribution in [-0.4, -0.2) is 66.9 Å². The van der Waals surface area contributed by atoms with Crippen LogP contribution in [0, 0.1) is 5.92 Å². The van der Waals surface area contributed by atoms with Gasteiger partial charge >= 0.3 is 0 Å². The maximum atomic E-state index is 12.7. The van der Waals surface area contributed by atoms with Gasteiger partial charge in [-0.15, -0.1) is 0 Å². The van der Waals surface area contributed by atoms with E-state index in [1.807, 2.05) is 49.3 Å². The first-order chi connectivity index (χ1) is 12.5. The molecule has 2 heterocycles. The molecule has 1 aliphatic heterocycles. The summed E-state index contributed by atoms with van der Waals surface area (Å²) in [6.07, 6.45) is 2.32. The minimum absolute atomic E-state index is 0.0510. The highest BCUT2D eigenvalue weighted by atomic mass is 16.2. The lowest BCUT2D eigenvalue weighted by molar-refractivity contribution is -0.122. The molecule has 2 N–H and O–H groups in total. The second-order valence-electron chi connectivity index (χ2n) is 7.36. The number of H-pyrrole nitrogens is 1. The molecule has 0 saturated carbocycles. The molecule has 0 unspecified atom stereocenters. The maximum absolute atomic E-state index is 12.7. The Bertz CT molecular complexity index is 727. The van der Waals surface area contributed by atoms with E-state index in [9.17, 15) is 9.59 Å². The van der Waals surface area contributed by atoms with Crippen LogP contribution in [0.3, 0.4) is 0 Å². The maximum Gasteiger partial charge on any atom is 0.270 e. The highest BCUT2D eigenvalue weighted by Crippen LogP contribution is 2.23. The number of para-hydroxylation sites is 1. The molecule has 0 bridgehead atoms. The van der Waals surface area contributed by atoms with Crippen molar-refractivity contribution in [2.24, 2.45) is 5.92 Å². The largest absolute Gasteiger partial charge is 0.355 e. The molecule has 1 fully saturated rings. The number of piperidine rings is 1. The number of benzene rings is 1. The van der Waals surface area contributed by atoms with Crippen molar-refractivity contribution >= 4 is 22.7 Å². The number of carbonyl (C=O) groups is 2. The van der Waals surface area contributed by atoms with Crippen LogP contribution in [0.1, 0.15) is 29.8 Å². The molecular formula is C20H28N4O2. The standard InChI is InChI=1S/C20H28N4O2/c1-23(2)12-9-21-19(25)13-15-7-10-24(11-8-15)20(26)18-14-16-5-3-4-6-17(16)22-18/h3-6,14-15,22H,7-13H2,1-2H3,(H,21,25). The van der Waals surface area contributed by atoms with Crippen molar-refractivity contribution in [3.63, 3.8) is 0 Å². The molecule has 1 aliphatic rings. The van der Waals surface area contributed by atoms with E-state index in [1.165, 1.54) is 0 Å². The van der Waals surface area contributed by atoms with Crippen LogP contribution in [0.4, 0.5) is 0 Å². The molecule has 6 nitrogen and oxygen atoms in total. The van der Waals surface area contributed by atoms with Gasteiger partial charge in [0.05, 0.1) is 0 Å². The minimum Gasteiger partial charge on any atom is -0.355 e. The van der Waals surface area contributed by atoms with Crippen LogP contribution in [0.5, 0.6) is 0 Å². The summed E-state index contributed by atoms with van der Waals surface area (Å²) in [6.45, 7) is 2.96. The van der Waals surface area contributed by atoms with E-state index < -0.39 is 0 Å². The molecule has 1 saturated heterocycles. The van der Waals surface area contributed by atoms with Crippen LogP contribution >= 0.6 is 0 Å². The van der Waals surface area contributed by atoms with E-state index in [-0.39, 0.29) is 11.8 Å². The quantitative estimate of drug-likeness (QED) is 0.833. The first kappa shape index (κ1) is 18.5. The Morgan fingerprint density at radius 2 is 1.96 bits per heavy atom. The van der Waals surface area contributed by atoms with Crippen LogP contribution in [0.2, 0.25) is 0 Å². The van der Waals surface area contributed by atoms with E-state index in [0.29, 0.717) is 37.7 Å². The van der Waals surface area contributed by atoms with E-state index in [0.717, 1.165) is 30.3 Å². The third kappa shape index (κ3) is 4.64. The van der Waals surface area contributed by atoms with Gasteiger partial charge in [0.25, 0.3) is 5.91 Å². The van der Waals surface area contributed by atoms with Crippen molar-refractivity contribution in [1.82, 2.24) is 20.1 Å². The van der Waals surface area contributed by atoms with Crippen LogP contribution in [-0.2, 0) is 4.79 Å². The van der Waals surface area contributed by atoms with Crippen molar-refractivity contribution in [3.8, 4) is 0 Å². The summed E-state index contributed by atoms with van der Waals surface area (Å²) in [5.74, 6) is 0.531. The summed E-state index contributed by atoms with van der Waals surface area (Å²) in [6, 6.07) is 9.83. The summed E-state index contributed by atoms with van der Waals surface area (Å²) in [5.41, 5.74) is 1.63. The molecule has 2 amide bonds. The van der Waals surface area contributed by atoms with Gasteiger partial charge in [0.15, 0.2) is 0 Å². The number of rotatable bonds is 6. The zero-order chi connectivity index (χ0) is 18.5. The molecule has 0 spiro atoms. The lowest BCUT2D eigenvalue weighted by Crippen LogP contribution is -2.40. The second-order valence-corrected chi connectivity index (χ2v) is 7.36. The number of likely N-dealkylation sites (tertiary alicyclic amines) is 1. The number of amides is 2. The molecule has 0 atom stereocenters. The lowest BCUT2D eigenvalue weighted by atomic mass is 9.93. The van der Waals surface area contributed by atoms with Gasteiger partial charge in [0.1, 0.15) is 5.69 Å². The molecule has 3 rings (SSSR count). The van der Waals surface area contributed by atoms with E-state index in [1.54, 1.807) is 0 Å². The SMILES string of the molecule is CN(C)CCNC(=O)CC1CCN(C(=O)c2cc3ccccc3[nH]2)CC1. The van der Waals surface area contributed by atoms with Crippen molar-refractivity contribution in [2.75, 3.05) is 40.3 Å².